The van der Waals surface area contributed by atoms with Crippen LogP contribution in [-0.2, 0) is 23.9 Å². The van der Waals surface area contributed by atoms with Crippen LogP contribution in [0.4, 0.5) is 0 Å². The maximum Gasteiger partial charge on any atom is 0.310 e. The van der Waals surface area contributed by atoms with Crippen molar-refractivity contribution in [2.75, 3.05) is 6.61 Å². The lowest BCUT2D eigenvalue weighted by Gasteiger charge is -2.17. The largest absolute Gasteiger partial charge is 0.462 e. The van der Waals surface area contributed by atoms with Gasteiger partial charge in [-0.1, -0.05) is 62.9 Å². The number of ketones is 2. The van der Waals surface area contributed by atoms with Crippen LogP contribution in [0.25, 0.3) is 0 Å². The highest BCUT2D eigenvalue weighted by atomic mass is 16.6. The molecule has 0 amide bonds. The summed E-state index contributed by atoms with van der Waals surface area (Å²) >= 11 is 0. The second-order valence-corrected chi connectivity index (χ2v) is 7.17. The first-order valence-electron chi connectivity index (χ1n) is 10.3. The monoisotopic (exact) mass is 404 g/mol. The van der Waals surface area contributed by atoms with Crippen molar-refractivity contribution in [3.05, 3.63) is 35.9 Å². The highest BCUT2D eigenvalue weighted by Crippen LogP contribution is 2.14. The van der Waals surface area contributed by atoms with Gasteiger partial charge >= 0.3 is 11.9 Å². The maximum absolute atomic E-state index is 12.2. The van der Waals surface area contributed by atoms with E-state index < -0.39 is 18.0 Å². The Labute approximate surface area is 173 Å². The van der Waals surface area contributed by atoms with Crippen molar-refractivity contribution in [3.8, 4) is 0 Å². The van der Waals surface area contributed by atoms with Crippen molar-refractivity contribution >= 4 is 23.5 Å². The number of benzene rings is 1. The molecule has 0 radical (unpaired) electrons. The maximum atomic E-state index is 12.2. The van der Waals surface area contributed by atoms with Crippen LogP contribution >= 0.6 is 0 Å². The Morgan fingerprint density at radius 1 is 0.897 bits per heavy atom. The van der Waals surface area contributed by atoms with E-state index in [1.807, 2.05) is 0 Å². The highest BCUT2D eigenvalue weighted by molar-refractivity contribution is 5.97. The van der Waals surface area contributed by atoms with E-state index in [-0.39, 0.29) is 37.4 Å². The molecule has 6 nitrogen and oxygen atoms in total. The molecule has 0 fully saturated rings. The standard InChI is InChI=1S/C23H32O6/c1-3-4-5-6-10-13-20(29-22(26)15-14-18(2)24)16-23(27)28-17-21(25)19-11-8-7-9-12-19/h7-9,11-12,20H,3-6,10,13-17H2,1-2H3/t20-/m1/s1. The van der Waals surface area contributed by atoms with Crippen LogP contribution < -0.4 is 0 Å². The van der Waals surface area contributed by atoms with Crippen LogP contribution in [0.1, 0.15) is 82.0 Å². The van der Waals surface area contributed by atoms with Gasteiger partial charge in [0.2, 0.25) is 0 Å². The van der Waals surface area contributed by atoms with Crippen molar-refractivity contribution in [2.45, 2.75) is 77.7 Å². The van der Waals surface area contributed by atoms with Crippen molar-refractivity contribution in [3.63, 3.8) is 0 Å². The number of hydrogen-bond acceptors (Lipinski definition) is 6. The molecule has 0 unspecified atom stereocenters. The minimum absolute atomic E-state index is 0.00318. The first kappa shape index (κ1) is 24.5. The second-order valence-electron chi connectivity index (χ2n) is 7.17. The average Bonchev–Trinajstić information content (AvgIpc) is 2.70. The van der Waals surface area contributed by atoms with Gasteiger partial charge < -0.3 is 14.3 Å². The molecule has 0 aromatic heterocycles. The topological polar surface area (TPSA) is 86.7 Å². The molecule has 1 aromatic rings. The minimum atomic E-state index is -0.601. The molecule has 0 saturated heterocycles. The summed E-state index contributed by atoms with van der Waals surface area (Å²) in [5.74, 6) is -1.44. The number of ether oxygens (including phenoxy) is 2. The van der Waals surface area contributed by atoms with Crippen molar-refractivity contribution < 1.29 is 28.7 Å². The molecule has 160 valence electrons. The molecule has 1 atom stereocenters. The van der Waals surface area contributed by atoms with Gasteiger partial charge in [-0.25, -0.2) is 0 Å². The highest BCUT2D eigenvalue weighted by Gasteiger charge is 2.20. The fraction of sp³-hybridized carbons (Fsp3) is 0.565. The van der Waals surface area contributed by atoms with Crippen LogP contribution in [0.2, 0.25) is 0 Å². The number of hydrogen-bond donors (Lipinski definition) is 0. The van der Waals surface area contributed by atoms with Gasteiger partial charge in [0.25, 0.3) is 0 Å². The van der Waals surface area contributed by atoms with Gasteiger partial charge in [-0.15, -0.1) is 0 Å². The molecule has 0 heterocycles. The number of unbranched alkanes of at least 4 members (excludes halogenated alkanes) is 4. The summed E-state index contributed by atoms with van der Waals surface area (Å²) in [7, 11) is 0. The molecule has 0 spiro atoms. The van der Waals surface area contributed by atoms with Gasteiger partial charge in [0.05, 0.1) is 12.8 Å². The predicted molar refractivity (Wildman–Crippen MR) is 110 cm³/mol. The smallest absolute Gasteiger partial charge is 0.310 e. The van der Waals surface area contributed by atoms with Gasteiger partial charge in [0.15, 0.2) is 12.4 Å². The molecule has 1 rings (SSSR count). The minimum Gasteiger partial charge on any atom is -0.462 e. The van der Waals surface area contributed by atoms with Crippen LogP contribution in [0.5, 0.6) is 0 Å². The Hall–Kier alpha value is -2.50. The second kappa shape index (κ2) is 14.5. The van der Waals surface area contributed by atoms with E-state index in [0.717, 1.165) is 32.1 Å². The van der Waals surface area contributed by atoms with Crippen molar-refractivity contribution in [2.24, 2.45) is 0 Å². The molecule has 29 heavy (non-hydrogen) atoms. The summed E-state index contributed by atoms with van der Waals surface area (Å²) in [5, 5.41) is 0. The van der Waals surface area contributed by atoms with E-state index in [1.165, 1.54) is 6.92 Å². The summed E-state index contributed by atoms with van der Waals surface area (Å²) in [6, 6.07) is 8.60. The quantitative estimate of drug-likeness (QED) is 0.244. The zero-order chi connectivity index (χ0) is 21.5. The van der Waals surface area contributed by atoms with E-state index in [4.69, 9.17) is 9.47 Å². The zero-order valence-corrected chi connectivity index (χ0v) is 17.5. The van der Waals surface area contributed by atoms with E-state index in [9.17, 15) is 19.2 Å². The fourth-order valence-electron chi connectivity index (χ4n) is 2.80. The summed E-state index contributed by atoms with van der Waals surface area (Å²) in [6.45, 7) is 3.20. The lowest BCUT2D eigenvalue weighted by Crippen LogP contribution is -2.24. The predicted octanol–water partition coefficient (Wildman–Crippen LogP) is 4.44. The number of carbonyl (C=O) groups excluding carboxylic acids is 4. The van der Waals surface area contributed by atoms with E-state index >= 15 is 0 Å². The summed E-state index contributed by atoms with van der Waals surface area (Å²) in [6.07, 6.45) is 5.18. The number of carbonyl (C=O) groups is 4. The molecule has 0 aliphatic rings. The Morgan fingerprint density at radius 2 is 1.59 bits per heavy atom. The zero-order valence-electron chi connectivity index (χ0n) is 17.5. The third-order valence-electron chi connectivity index (χ3n) is 4.46. The lowest BCUT2D eigenvalue weighted by atomic mass is 10.1. The first-order chi connectivity index (χ1) is 13.9. The molecule has 0 N–H and O–H groups in total. The lowest BCUT2D eigenvalue weighted by molar-refractivity contribution is -0.155. The normalized spacial score (nSPS) is 11.5. The molecule has 1 aromatic carbocycles. The Morgan fingerprint density at radius 3 is 2.24 bits per heavy atom. The van der Waals surface area contributed by atoms with Gasteiger partial charge in [-0.3, -0.25) is 14.4 Å². The summed E-state index contributed by atoms with van der Waals surface area (Å²) in [4.78, 5) is 47.2. The summed E-state index contributed by atoms with van der Waals surface area (Å²) < 4.78 is 10.5. The average molecular weight is 405 g/mol. The van der Waals surface area contributed by atoms with Gasteiger partial charge in [-0.05, 0) is 19.8 Å². The third kappa shape index (κ3) is 11.8. The molecule has 0 aliphatic heterocycles. The van der Waals surface area contributed by atoms with Crippen LogP contribution in [0.3, 0.4) is 0 Å². The van der Waals surface area contributed by atoms with Crippen LogP contribution in [-0.4, -0.2) is 36.2 Å². The molecular formula is C23H32O6. The van der Waals surface area contributed by atoms with E-state index in [2.05, 4.69) is 6.92 Å². The number of Topliss-reactive ketones (excluding diaryl/α,β-unsaturated/α-hetero) is 2. The third-order valence-corrected chi connectivity index (χ3v) is 4.46. The molecule has 0 bridgehead atoms. The van der Waals surface area contributed by atoms with E-state index in [1.54, 1.807) is 30.3 Å². The van der Waals surface area contributed by atoms with Gasteiger partial charge in [0, 0.05) is 12.0 Å². The summed E-state index contributed by atoms with van der Waals surface area (Å²) in [5.41, 5.74) is 0.475. The molecule has 6 heteroatoms. The Bertz CT molecular complexity index is 653. The van der Waals surface area contributed by atoms with Crippen LogP contribution in [0, 0.1) is 0 Å². The first-order valence-corrected chi connectivity index (χ1v) is 10.3. The van der Waals surface area contributed by atoms with Crippen molar-refractivity contribution in [1.82, 2.24) is 0 Å². The van der Waals surface area contributed by atoms with Gasteiger partial charge in [0.1, 0.15) is 11.9 Å². The van der Waals surface area contributed by atoms with E-state index in [0.29, 0.717) is 12.0 Å². The molecule has 0 saturated carbocycles. The SMILES string of the molecule is CCCCCCC[C@H](CC(=O)OCC(=O)c1ccccc1)OC(=O)CCC(C)=O. The molecular weight excluding hydrogens is 372 g/mol. The van der Waals surface area contributed by atoms with Crippen LogP contribution in [0.15, 0.2) is 30.3 Å². The Kier molecular flexibility index (Phi) is 12.3. The number of esters is 2. The fourth-order valence-corrected chi connectivity index (χ4v) is 2.80. The number of rotatable bonds is 15. The molecule has 0 aliphatic carbocycles. The Balaban J connectivity index is 2.49. The van der Waals surface area contributed by atoms with Gasteiger partial charge in [-0.2, -0.15) is 0 Å². The van der Waals surface area contributed by atoms with Crippen molar-refractivity contribution in [1.29, 1.82) is 0 Å².